The molecule has 2 aromatic rings. The van der Waals surface area contributed by atoms with Gasteiger partial charge in [-0.1, -0.05) is 24.3 Å². The molecule has 0 saturated heterocycles. The molecule has 0 unspecified atom stereocenters. The van der Waals surface area contributed by atoms with Crippen LogP contribution in [0, 0.1) is 0 Å². The molecule has 0 fully saturated rings. The zero-order chi connectivity index (χ0) is 16.0. The SMILES string of the molecule is CS(=O)(=O)NCc1cccc(CNC(=O)c2cncnc2)c1. The van der Waals surface area contributed by atoms with Crippen molar-refractivity contribution >= 4 is 15.9 Å². The third-order valence-corrected chi connectivity index (χ3v) is 3.47. The molecule has 0 aliphatic rings. The largest absolute Gasteiger partial charge is 0.348 e. The summed E-state index contributed by atoms with van der Waals surface area (Å²) < 4.78 is 24.6. The highest BCUT2D eigenvalue weighted by molar-refractivity contribution is 7.88. The van der Waals surface area contributed by atoms with Gasteiger partial charge in [0.15, 0.2) is 0 Å². The minimum atomic E-state index is -3.23. The van der Waals surface area contributed by atoms with Crippen LogP contribution in [0.1, 0.15) is 21.5 Å². The Hall–Kier alpha value is -2.32. The first-order valence-electron chi connectivity index (χ1n) is 6.50. The van der Waals surface area contributed by atoms with Crippen LogP contribution in [0.15, 0.2) is 43.0 Å². The molecule has 0 saturated carbocycles. The molecule has 0 atom stereocenters. The van der Waals surface area contributed by atoms with Gasteiger partial charge in [0, 0.05) is 25.5 Å². The van der Waals surface area contributed by atoms with Gasteiger partial charge in [-0.25, -0.2) is 23.1 Å². The van der Waals surface area contributed by atoms with E-state index >= 15 is 0 Å². The predicted octanol–water partition coefficient (Wildman–Crippen LogP) is 0.456. The highest BCUT2D eigenvalue weighted by Crippen LogP contribution is 2.06. The molecular formula is C14H16N4O3S. The molecule has 22 heavy (non-hydrogen) atoms. The van der Waals surface area contributed by atoms with Crippen molar-refractivity contribution in [3.63, 3.8) is 0 Å². The molecule has 2 rings (SSSR count). The number of aromatic nitrogens is 2. The summed E-state index contributed by atoms with van der Waals surface area (Å²) in [4.78, 5) is 19.4. The Bertz CT molecular complexity index is 748. The molecule has 0 aliphatic carbocycles. The number of hydrogen-bond donors (Lipinski definition) is 2. The first-order chi connectivity index (χ1) is 10.4. The Labute approximate surface area is 128 Å². The fraction of sp³-hybridized carbons (Fsp3) is 0.214. The minimum absolute atomic E-state index is 0.215. The Balaban J connectivity index is 1.94. The number of carbonyl (C=O) groups excluding carboxylic acids is 1. The molecule has 0 spiro atoms. The van der Waals surface area contributed by atoms with Crippen LogP contribution in [0.5, 0.6) is 0 Å². The molecule has 1 amide bonds. The zero-order valence-corrected chi connectivity index (χ0v) is 12.8. The van der Waals surface area contributed by atoms with Crippen molar-refractivity contribution in [3.8, 4) is 0 Å². The van der Waals surface area contributed by atoms with Crippen molar-refractivity contribution in [3.05, 3.63) is 59.7 Å². The maximum absolute atomic E-state index is 11.9. The summed E-state index contributed by atoms with van der Waals surface area (Å²) in [5, 5.41) is 2.76. The Morgan fingerprint density at radius 1 is 1.14 bits per heavy atom. The topological polar surface area (TPSA) is 101 Å². The van der Waals surface area contributed by atoms with E-state index in [0.29, 0.717) is 12.1 Å². The number of carbonyl (C=O) groups is 1. The summed E-state index contributed by atoms with van der Waals surface area (Å²) in [6.07, 6.45) is 5.34. The van der Waals surface area contributed by atoms with Gasteiger partial charge in [0.2, 0.25) is 10.0 Å². The van der Waals surface area contributed by atoms with Gasteiger partial charge in [-0.3, -0.25) is 4.79 Å². The number of amides is 1. The maximum Gasteiger partial charge on any atom is 0.254 e. The highest BCUT2D eigenvalue weighted by Gasteiger charge is 2.06. The lowest BCUT2D eigenvalue weighted by Crippen LogP contribution is -2.23. The second-order valence-corrected chi connectivity index (χ2v) is 6.56. The van der Waals surface area contributed by atoms with E-state index in [1.807, 2.05) is 24.3 Å². The van der Waals surface area contributed by atoms with E-state index in [0.717, 1.165) is 17.4 Å². The first-order valence-corrected chi connectivity index (χ1v) is 8.39. The Kier molecular flexibility index (Phi) is 5.18. The number of nitrogens with one attached hydrogen (secondary N) is 2. The average molecular weight is 320 g/mol. The van der Waals surface area contributed by atoms with Gasteiger partial charge in [0.05, 0.1) is 11.8 Å². The zero-order valence-electron chi connectivity index (χ0n) is 12.0. The van der Waals surface area contributed by atoms with E-state index in [1.165, 1.54) is 18.7 Å². The minimum Gasteiger partial charge on any atom is -0.348 e. The van der Waals surface area contributed by atoms with Gasteiger partial charge >= 0.3 is 0 Å². The average Bonchev–Trinajstić information content (AvgIpc) is 2.51. The van der Waals surface area contributed by atoms with Crippen LogP contribution in [-0.4, -0.2) is 30.5 Å². The molecule has 0 bridgehead atoms. The quantitative estimate of drug-likeness (QED) is 0.805. The van der Waals surface area contributed by atoms with E-state index in [-0.39, 0.29) is 12.5 Å². The van der Waals surface area contributed by atoms with E-state index in [2.05, 4.69) is 20.0 Å². The molecule has 8 heteroatoms. The summed E-state index contributed by atoms with van der Waals surface area (Å²) in [7, 11) is -3.23. The number of hydrogen-bond acceptors (Lipinski definition) is 5. The lowest BCUT2D eigenvalue weighted by Gasteiger charge is -2.07. The van der Waals surface area contributed by atoms with E-state index in [1.54, 1.807) is 0 Å². The summed E-state index contributed by atoms with van der Waals surface area (Å²) in [6, 6.07) is 7.31. The van der Waals surface area contributed by atoms with E-state index in [9.17, 15) is 13.2 Å². The van der Waals surface area contributed by atoms with E-state index in [4.69, 9.17) is 0 Å². The molecule has 0 aliphatic heterocycles. The lowest BCUT2D eigenvalue weighted by atomic mass is 10.1. The third-order valence-electron chi connectivity index (χ3n) is 2.81. The second-order valence-electron chi connectivity index (χ2n) is 4.72. The van der Waals surface area contributed by atoms with Crippen LogP contribution in [0.4, 0.5) is 0 Å². The van der Waals surface area contributed by atoms with Gasteiger partial charge in [-0.05, 0) is 11.1 Å². The van der Waals surface area contributed by atoms with Gasteiger partial charge in [0.25, 0.3) is 5.91 Å². The molecule has 1 aromatic heterocycles. The molecule has 1 heterocycles. The first kappa shape index (κ1) is 16.1. The Morgan fingerprint density at radius 2 is 1.77 bits per heavy atom. The molecular weight excluding hydrogens is 304 g/mol. The second kappa shape index (κ2) is 7.10. The molecule has 116 valence electrons. The van der Waals surface area contributed by atoms with Crippen molar-refractivity contribution in [2.75, 3.05) is 6.26 Å². The van der Waals surface area contributed by atoms with Crippen LogP contribution < -0.4 is 10.0 Å². The maximum atomic E-state index is 11.9. The van der Waals surface area contributed by atoms with Crippen LogP contribution in [0.25, 0.3) is 0 Å². The van der Waals surface area contributed by atoms with Gasteiger partial charge in [0.1, 0.15) is 6.33 Å². The molecule has 0 radical (unpaired) electrons. The molecule has 2 N–H and O–H groups in total. The van der Waals surface area contributed by atoms with Crippen molar-refractivity contribution in [2.24, 2.45) is 0 Å². The van der Waals surface area contributed by atoms with Gasteiger partial charge in [-0.15, -0.1) is 0 Å². The lowest BCUT2D eigenvalue weighted by molar-refractivity contribution is 0.0950. The predicted molar refractivity (Wildman–Crippen MR) is 81.3 cm³/mol. The summed E-state index contributed by atoms with van der Waals surface area (Å²) in [5.41, 5.74) is 2.08. The van der Waals surface area contributed by atoms with Gasteiger partial charge < -0.3 is 5.32 Å². The van der Waals surface area contributed by atoms with Crippen LogP contribution in [-0.2, 0) is 23.1 Å². The number of rotatable bonds is 6. The molecule has 1 aromatic carbocycles. The van der Waals surface area contributed by atoms with Crippen molar-refractivity contribution in [2.45, 2.75) is 13.1 Å². The normalized spacial score (nSPS) is 11.1. The third kappa shape index (κ3) is 5.23. The monoisotopic (exact) mass is 320 g/mol. The van der Waals surface area contributed by atoms with Crippen molar-refractivity contribution < 1.29 is 13.2 Å². The Morgan fingerprint density at radius 3 is 2.41 bits per heavy atom. The number of sulfonamides is 1. The summed E-state index contributed by atoms with van der Waals surface area (Å²) in [5.74, 6) is -0.264. The fourth-order valence-corrected chi connectivity index (χ4v) is 2.19. The summed E-state index contributed by atoms with van der Waals surface area (Å²) in [6.45, 7) is 0.549. The number of benzene rings is 1. The summed E-state index contributed by atoms with van der Waals surface area (Å²) >= 11 is 0. The highest BCUT2D eigenvalue weighted by atomic mass is 32.2. The van der Waals surface area contributed by atoms with Crippen molar-refractivity contribution in [1.29, 1.82) is 0 Å². The van der Waals surface area contributed by atoms with Crippen molar-refractivity contribution in [1.82, 2.24) is 20.0 Å². The number of nitrogens with zero attached hydrogens (tertiary/aromatic N) is 2. The molecule has 7 nitrogen and oxygen atoms in total. The van der Waals surface area contributed by atoms with E-state index < -0.39 is 10.0 Å². The van der Waals surface area contributed by atoms with Crippen LogP contribution in [0.2, 0.25) is 0 Å². The standard InChI is InChI=1S/C14H16N4O3S/c1-22(20,21)18-7-12-4-2-3-11(5-12)6-17-14(19)13-8-15-10-16-9-13/h2-5,8-10,18H,6-7H2,1H3,(H,17,19). The van der Waals surface area contributed by atoms with Crippen LogP contribution in [0.3, 0.4) is 0 Å². The van der Waals surface area contributed by atoms with Gasteiger partial charge in [-0.2, -0.15) is 0 Å². The fourth-order valence-electron chi connectivity index (χ4n) is 1.76. The smallest absolute Gasteiger partial charge is 0.254 e. The van der Waals surface area contributed by atoms with Crippen LogP contribution >= 0.6 is 0 Å².